The molecule has 1 aromatic heterocycles. The SMILES string of the molecule is Cc1nc(NC2CC2)c2cc(-c3cccc(CN(C(=O)c4ccc(F)cc4F)C4CC4)c3)ccc2n1. The van der Waals surface area contributed by atoms with Crippen LogP contribution in [0.4, 0.5) is 14.6 Å². The number of nitrogens with one attached hydrogen (secondary N) is 1. The first kappa shape index (κ1) is 22.6. The highest BCUT2D eigenvalue weighted by atomic mass is 19.1. The Morgan fingerprint density at radius 2 is 1.78 bits per heavy atom. The number of anilines is 1. The Hall–Kier alpha value is -3.87. The molecule has 1 heterocycles. The molecule has 5 nitrogen and oxygen atoms in total. The van der Waals surface area contributed by atoms with E-state index in [1.54, 1.807) is 4.90 Å². The van der Waals surface area contributed by atoms with Gasteiger partial charge in [0.15, 0.2) is 0 Å². The van der Waals surface area contributed by atoms with Gasteiger partial charge in [0.1, 0.15) is 23.3 Å². The number of nitrogens with zero attached hydrogens (tertiary/aromatic N) is 3. The molecule has 2 aliphatic carbocycles. The van der Waals surface area contributed by atoms with Crippen LogP contribution < -0.4 is 5.32 Å². The van der Waals surface area contributed by atoms with Crippen molar-refractivity contribution in [1.29, 1.82) is 0 Å². The summed E-state index contributed by atoms with van der Waals surface area (Å²) in [6.45, 7) is 2.26. The van der Waals surface area contributed by atoms with Crippen molar-refractivity contribution in [1.82, 2.24) is 14.9 Å². The van der Waals surface area contributed by atoms with Crippen LogP contribution in [0, 0.1) is 18.6 Å². The topological polar surface area (TPSA) is 58.1 Å². The van der Waals surface area contributed by atoms with Crippen LogP contribution in [-0.2, 0) is 6.54 Å². The van der Waals surface area contributed by atoms with Crippen LogP contribution in [0.15, 0.2) is 60.7 Å². The predicted molar refractivity (Wildman–Crippen MR) is 136 cm³/mol. The number of carbonyl (C=O) groups excluding carboxylic acids is 1. The van der Waals surface area contributed by atoms with Crippen molar-refractivity contribution in [3.05, 3.63) is 89.2 Å². The lowest BCUT2D eigenvalue weighted by Crippen LogP contribution is -2.33. The molecule has 182 valence electrons. The number of halogens is 2. The maximum atomic E-state index is 14.3. The van der Waals surface area contributed by atoms with Crippen molar-refractivity contribution >= 4 is 22.6 Å². The van der Waals surface area contributed by atoms with Gasteiger partial charge in [0.25, 0.3) is 5.91 Å². The summed E-state index contributed by atoms with van der Waals surface area (Å²) in [5, 5.41) is 4.51. The highest BCUT2D eigenvalue weighted by Crippen LogP contribution is 2.33. The number of hydrogen-bond acceptors (Lipinski definition) is 4. The molecule has 2 saturated carbocycles. The number of aromatic nitrogens is 2. The molecule has 3 aromatic carbocycles. The van der Waals surface area contributed by atoms with Gasteiger partial charge in [0.05, 0.1) is 11.1 Å². The zero-order chi connectivity index (χ0) is 24.8. The van der Waals surface area contributed by atoms with Gasteiger partial charge in [-0.1, -0.05) is 24.3 Å². The molecule has 36 heavy (non-hydrogen) atoms. The van der Waals surface area contributed by atoms with Crippen molar-refractivity contribution in [2.45, 2.75) is 51.2 Å². The molecule has 0 spiro atoms. The monoisotopic (exact) mass is 484 g/mol. The molecule has 1 amide bonds. The van der Waals surface area contributed by atoms with Gasteiger partial charge in [-0.15, -0.1) is 0 Å². The summed E-state index contributed by atoms with van der Waals surface area (Å²) < 4.78 is 27.7. The van der Waals surface area contributed by atoms with Crippen LogP contribution in [0.5, 0.6) is 0 Å². The Morgan fingerprint density at radius 3 is 2.53 bits per heavy atom. The first-order valence-electron chi connectivity index (χ1n) is 12.3. The normalized spacial score (nSPS) is 15.2. The van der Waals surface area contributed by atoms with E-state index >= 15 is 0 Å². The Kier molecular flexibility index (Phi) is 5.63. The van der Waals surface area contributed by atoms with E-state index in [1.165, 1.54) is 6.07 Å². The summed E-state index contributed by atoms with van der Waals surface area (Å²) in [7, 11) is 0. The Bertz CT molecular complexity index is 1480. The first-order valence-corrected chi connectivity index (χ1v) is 12.3. The molecular weight excluding hydrogens is 458 g/mol. The summed E-state index contributed by atoms with van der Waals surface area (Å²) >= 11 is 0. The molecule has 4 aromatic rings. The zero-order valence-electron chi connectivity index (χ0n) is 20.0. The number of aryl methyl sites for hydroxylation is 1. The predicted octanol–water partition coefficient (Wildman–Crippen LogP) is 6.26. The third kappa shape index (κ3) is 4.65. The van der Waals surface area contributed by atoms with E-state index in [-0.39, 0.29) is 11.6 Å². The van der Waals surface area contributed by atoms with Gasteiger partial charge in [0, 0.05) is 30.1 Å². The second-order valence-corrected chi connectivity index (χ2v) is 9.76. The van der Waals surface area contributed by atoms with E-state index in [0.717, 1.165) is 77.1 Å². The zero-order valence-corrected chi connectivity index (χ0v) is 20.0. The third-order valence-corrected chi connectivity index (χ3v) is 6.75. The molecular formula is C29H26F2N4O. The maximum absolute atomic E-state index is 14.3. The van der Waals surface area contributed by atoms with E-state index in [0.29, 0.717) is 12.6 Å². The van der Waals surface area contributed by atoms with Gasteiger partial charge in [-0.2, -0.15) is 0 Å². The van der Waals surface area contributed by atoms with E-state index < -0.39 is 17.5 Å². The van der Waals surface area contributed by atoms with Gasteiger partial charge >= 0.3 is 0 Å². The molecule has 0 radical (unpaired) electrons. The van der Waals surface area contributed by atoms with Crippen LogP contribution in [0.1, 0.15) is 47.4 Å². The molecule has 0 unspecified atom stereocenters. The minimum Gasteiger partial charge on any atom is -0.367 e. The fourth-order valence-corrected chi connectivity index (χ4v) is 4.57. The number of carbonyl (C=O) groups is 1. The summed E-state index contributed by atoms with van der Waals surface area (Å²) in [6, 6.07) is 17.9. The number of rotatable bonds is 7. The average molecular weight is 485 g/mol. The molecule has 2 aliphatic rings. The largest absolute Gasteiger partial charge is 0.367 e. The third-order valence-electron chi connectivity index (χ3n) is 6.75. The van der Waals surface area contributed by atoms with Crippen LogP contribution in [0.2, 0.25) is 0 Å². The highest BCUT2D eigenvalue weighted by Gasteiger charge is 2.34. The lowest BCUT2D eigenvalue weighted by Gasteiger charge is -2.23. The molecule has 1 N–H and O–H groups in total. The fourth-order valence-electron chi connectivity index (χ4n) is 4.57. The standard InChI is InChI=1S/C29H26F2N4O/c1-17-32-27-12-5-20(14-25(27)28(33-17)34-22-7-8-22)19-4-2-3-18(13-19)16-35(23-9-10-23)29(36)24-11-6-21(30)15-26(24)31/h2-6,11-15,22-23H,7-10,16H2,1H3,(H,32,33,34). The summed E-state index contributed by atoms with van der Waals surface area (Å²) in [4.78, 5) is 24.1. The minimum absolute atomic E-state index is 0.0720. The van der Waals surface area contributed by atoms with Gasteiger partial charge in [-0.3, -0.25) is 4.79 Å². The Balaban J connectivity index is 1.30. The van der Waals surface area contributed by atoms with Crippen molar-refractivity contribution in [3.8, 4) is 11.1 Å². The molecule has 0 aliphatic heterocycles. The molecule has 2 fully saturated rings. The Labute approximate surface area is 208 Å². The molecule has 6 rings (SSSR count). The van der Waals surface area contributed by atoms with Crippen LogP contribution in [-0.4, -0.2) is 32.9 Å². The smallest absolute Gasteiger partial charge is 0.257 e. The molecule has 0 saturated heterocycles. The van der Waals surface area contributed by atoms with E-state index in [2.05, 4.69) is 27.4 Å². The van der Waals surface area contributed by atoms with Crippen LogP contribution in [0.25, 0.3) is 22.0 Å². The van der Waals surface area contributed by atoms with Crippen molar-refractivity contribution in [2.24, 2.45) is 0 Å². The van der Waals surface area contributed by atoms with Gasteiger partial charge in [-0.25, -0.2) is 18.7 Å². The fraction of sp³-hybridized carbons (Fsp3) is 0.276. The first-order chi connectivity index (χ1) is 17.4. The second-order valence-electron chi connectivity index (χ2n) is 9.76. The maximum Gasteiger partial charge on any atom is 0.257 e. The van der Waals surface area contributed by atoms with Gasteiger partial charge in [0.2, 0.25) is 0 Å². The average Bonchev–Trinajstić information content (AvgIpc) is 3.78. The minimum atomic E-state index is -0.830. The van der Waals surface area contributed by atoms with Crippen LogP contribution in [0.3, 0.4) is 0 Å². The quantitative estimate of drug-likeness (QED) is 0.336. The number of hydrogen-bond donors (Lipinski definition) is 1. The summed E-state index contributed by atoms with van der Waals surface area (Å²) in [5.74, 6) is -0.327. The summed E-state index contributed by atoms with van der Waals surface area (Å²) in [5.41, 5.74) is 3.80. The lowest BCUT2D eigenvalue weighted by molar-refractivity contribution is 0.0725. The Morgan fingerprint density at radius 1 is 0.972 bits per heavy atom. The summed E-state index contributed by atoms with van der Waals surface area (Å²) in [6.07, 6.45) is 4.08. The van der Waals surface area contributed by atoms with Crippen LogP contribution >= 0.6 is 0 Å². The number of amides is 1. The van der Waals surface area contributed by atoms with Crippen molar-refractivity contribution in [2.75, 3.05) is 5.32 Å². The lowest BCUT2D eigenvalue weighted by atomic mass is 10.0. The number of benzene rings is 3. The van der Waals surface area contributed by atoms with E-state index in [1.807, 2.05) is 37.3 Å². The highest BCUT2D eigenvalue weighted by molar-refractivity contribution is 5.95. The molecule has 0 bridgehead atoms. The molecule has 0 atom stereocenters. The van der Waals surface area contributed by atoms with Gasteiger partial charge in [-0.05, 0) is 79.6 Å². The van der Waals surface area contributed by atoms with Crippen molar-refractivity contribution in [3.63, 3.8) is 0 Å². The number of fused-ring (bicyclic) bond motifs is 1. The van der Waals surface area contributed by atoms with Crippen molar-refractivity contribution < 1.29 is 13.6 Å². The van der Waals surface area contributed by atoms with E-state index in [9.17, 15) is 13.6 Å². The second kappa shape index (κ2) is 8.97. The molecule has 7 heteroatoms. The van der Waals surface area contributed by atoms with Gasteiger partial charge < -0.3 is 10.2 Å². The van der Waals surface area contributed by atoms with E-state index in [4.69, 9.17) is 0 Å².